The van der Waals surface area contributed by atoms with Crippen molar-refractivity contribution in [2.45, 2.75) is 104 Å². The highest BCUT2D eigenvalue weighted by Gasteiger charge is 2.42. The second-order valence-corrected chi connectivity index (χ2v) is 20.0. The third-order valence-electron chi connectivity index (χ3n) is 13.5. The maximum atomic E-state index is 14.6. The van der Waals surface area contributed by atoms with Crippen molar-refractivity contribution in [3.8, 4) is 22.5 Å². The van der Waals surface area contributed by atoms with Crippen LogP contribution >= 0.6 is 11.3 Å². The Morgan fingerprint density at radius 3 is 2.60 bits per heavy atom. The number of pyridine rings is 1. The number of carbonyl (C=O) groups is 4. The number of fused-ring (bicyclic) bond motifs is 6. The number of nitrogens with zero attached hydrogens (tertiary/aromatic N) is 7. The summed E-state index contributed by atoms with van der Waals surface area (Å²) in [4.78, 5) is 72.4. The van der Waals surface area contributed by atoms with Gasteiger partial charge in [0.25, 0.3) is 5.91 Å². The van der Waals surface area contributed by atoms with Crippen molar-refractivity contribution in [3.05, 3.63) is 58.2 Å². The highest BCUT2D eigenvalue weighted by atomic mass is 32.1. The number of carbonyl (C=O) groups excluding carboxylic acids is 4. The molecule has 17 heteroatoms. The third-order valence-corrected chi connectivity index (χ3v) is 14.3. The highest BCUT2D eigenvalue weighted by molar-refractivity contribution is 7.10. The molecule has 2 N–H and O–H groups in total. The second-order valence-electron chi connectivity index (χ2n) is 19.1. The standard InChI is InChI=1S/C48H65N9O7S/c1-9-56-39-15-14-31-22-34(39)35(43(56)33-12-10-16-49-41(33)30(4)62-8)24-48(5,6)28-64-46(60)36-13-11-17-57(52-36)45(59)37(23-40-50-38(31)27-65-40)51-44(58)42(29(2)3)53(7)47(61)55-25-32(26-55)54-18-20-63-21-19-54/h10,12,14-16,22,27,29-30,32,36-37,42,52H,9,11,13,17-21,23-26,28H2,1-8H3,(H,51,58)/t30-,36-,37-,42?/m0/s1. The minimum atomic E-state index is -1.04. The van der Waals surface area contributed by atoms with Crippen molar-refractivity contribution in [1.82, 2.24) is 45.0 Å². The van der Waals surface area contributed by atoms with Gasteiger partial charge < -0.3 is 33.9 Å². The molecule has 16 nitrogen and oxygen atoms in total. The van der Waals surface area contributed by atoms with E-state index in [9.17, 15) is 19.2 Å². The summed E-state index contributed by atoms with van der Waals surface area (Å²) in [6.07, 6.45) is 3.30. The average Bonchev–Trinajstić information content (AvgIpc) is 3.88. The third kappa shape index (κ3) is 9.66. The molecule has 0 saturated carbocycles. The van der Waals surface area contributed by atoms with Crippen molar-refractivity contribution in [3.63, 3.8) is 0 Å². The number of methoxy groups -OCH3 is 1. The molecule has 3 aromatic heterocycles. The molecular formula is C48H65N9O7S. The van der Waals surface area contributed by atoms with E-state index in [0.717, 1.165) is 57.8 Å². The van der Waals surface area contributed by atoms with Crippen molar-refractivity contribution in [2.24, 2.45) is 11.3 Å². The maximum Gasteiger partial charge on any atom is 0.324 e. The van der Waals surface area contributed by atoms with Gasteiger partial charge in [-0.1, -0.05) is 33.8 Å². The number of urea groups is 1. The van der Waals surface area contributed by atoms with E-state index in [4.69, 9.17) is 24.2 Å². The molecular weight excluding hydrogens is 847 g/mol. The van der Waals surface area contributed by atoms with Crippen molar-refractivity contribution in [1.29, 1.82) is 0 Å². The molecule has 4 aromatic rings. The van der Waals surface area contributed by atoms with Crippen LogP contribution in [-0.2, 0) is 48.0 Å². The first-order chi connectivity index (χ1) is 31.2. The molecule has 1 aromatic carbocycles. The number of cyclic esters (lactones) is 1. The van der Waals surface area contributed by atoms with Gasteiger partial charge in [0.15, 0.2) is 0 Å². The zero-order chi connectivity index (χ0) is 46.2. The van der Waals surface area contributed by atoms with Crippen LogP contribution < -0.4 is 10.7 Å². The lowest BCUT2D eigenvalue weighted by Gasteiger charge is -2.48. The lowest BCUT2D eigenvalue weighted by atomic mass is 9.84. The molecule has 7 heterocycles. The molecule has 1 unspecified atom stereocenters. The molecule has 4 amide bonds. The Balaban J connectivity index is 1.13. The summed E-state index contributed by atoms with van der Waals surface area (Å²) in [7, 11) is 3.35. The Morgan fingerprint density at radius 1 is 1.11 bits per heavy atom. The van der Waals surface area contributed by atoms with Crippen LogP contribution in [-0.4, -0.2) is 149 Å². The Bertz CT molecular complexity index is 2390. The Kier molecular flexibility index (Phi) is 14.0. The summed E-state index contributed by atoms with van der Waals surface area (Å²) in [5.41, 5.74) is 9.40. The SMILES string of the molecule is CCn1c(-c2cccnc2[C@H](C)OC)c2c3cc(ccc31)-c1csc(n1)C[C@H](NC(=O)C(C(C)C)N(C)C(=O)N1CC(N3CCOCC3)C1)C(=O)N1CCC[C@H](N1)C(=O)OCC(C)(C)C2. The summed E-state index contributed by atoms with van der Waals surface area (Å²) >= 11 is 1.43. The number of hydrogen-bond donors (Lipinski definition) is 2. The number of rotatable bonds is 9. The van der Waals surface area contributed by atoms with Gasteiger partial charge in [-0.2, -0.15) is 0 Å². The van der Waals surface area contributed by atoms with Gasteiger partial charge in [-0.05, 0) is 68.9 Å². The fraction of sp³-hybridized carbons (Fsp3) is 0.583. The lowest BCUT2D eigenvalue weighted by Crippen LogP contribution is -2.66. The summed E-state index contributed by atoms with van der Waals surface area (Å²) in [5.74, 6) is -1.52. The molecule has 4 atom stereocenters. The molecule has 65 heavy (non-hydrogen) atoms. The van der Waals surface area contributed by atoms with Crippen molar-refractivity contribution in [2.75, 3.05) is 66.7 Å². The van der Waals surface area contributed by atoms with E-state index in [2.05, 4.69) is 65.2 Å². The van der Waals surface area contributed by atoms with Gasteiger partial charge in [-0.25, -0.2) is 15.2 Å². The number of hydrazine groups is 1. The van der Waals surface area contributed by atoms with Crippen LogP contribution in [0.15, 0.2) is 41.9 Å². The highest BCUT2D eigenvalue weighted by Crippen LogP contribution is 2.42. The largest absolute Gasteiger partial charge is 0.464 e. The van der Waals surface area contributed by atoms with E-state index in [1.54, 1.807) is 25.3 Å². The van der Waals surface area contributed by atoms with E-state index in [1.165, 1.54) is 21.2 Å². The van der Waals surface area contributed by atoms with E-state index in [1.807, 2.05) is 32.2 Å². The quantitative estimate of drug-likeness (QED) is 0.210. The summed E-state index contributed by atoms with van der Waals surface area (Å²) < 4.78 is 19.8. The first-order valence-corrected chi connectivity index (χ1v) is 24.0. The lowest BCUT2D eigenvalue weighted by molar-refractivity contribution is -0.155. The van der Waals surface area contributed by atoms with Crippen LogP contribution in [0.3, 0.4) is 0 Å². The molecule has 0 spiro atoms. The molecule has 4 aliphatic rings. The molecule has 4 aliphatic heterocycles. The van der Waals surface area contributed by atoms with Gasteiger partial charge in [0, 0.05) is 105 Å². The smallest absolute Gasteiger partial charge is 0.324 e. The number of benzene rings is 1. The number of aryl methyl sites for hydroxylation is 1. The fourth-order valence-electron chi connectivity index (χ4n) is 9.87. The van der Waals surface area contributed by atoms with Crippen molar-refractivity contribution >= 4 is 46.1 Å². The van der Waals surface area contributed by atoms with Gasteiger partial charge >= 0.3 is 12.0 Å². The number of esters is 1. The number of hydrogen-bond acceptors (Lipinski definition) is 12. The molecule has 0 aliphatic carbocycles. The summed E-state index contributed by atoms with van der Waals surface area (Å²) in [6.45, 7) is 17.6. The molecule has 8 rings (SSSR count). The number of likely N-dealkylation sites (tertiary alicyclic amines) is 1. The minimum Gasteiger partial charge on any atom is -0.464 e. The number of amides is 4. The molecule has 350 valence electrons. The normalized spacial score (nSPS) is 22.0. The molecule has 3 fully saturated rings. The van der Waals surface area contributed by atoms with E-state index < -0.39 is 41.3 Å². The Morgan fingerprint density at radius 2 is 1.88 bits per heavy atom. The molecule has 3 saturated heterocycles. The zero-order valence-electron chi connectivity index (χ0n) is 39.1. The average molecular weight is 912 g/mol. The number of morpholine rings is 1. The van der Waals surface area contributed by atoms with E-state index in [0.29, 0.717) is 63.7 Å². The first kappa shape index (κ1) is 46.6. The second kappa shape index (κ2) is 19.5. The summed E-state index contributed by atoms with van der Waals surface area (Å²) in [5, 5.41) is 8.23. The Labute approximate surface area is 385 Å². The minimum absolute atomic E-state index is 0.109. The number of ether oxygens (including phenoxy) is 3. The first-order valence-electron chi connectivity index (χ1n) is 23.1. The van der Waals surface area contributed by atoms with Crippen LogP contribution in [0.4, 0.5) is 4.79 Å². The fourth-order valence-corrected chi connectivity index (χ4v) is 10.7. The van der Waals surface area contributed by atoms with Crippen LogP contribution in [0.25, 0.3) is 33.4 Å². The van der Waals surface area contributed by atoms with Crippen LogP contribution in [0, 0.1) is 11.3 Å². The predicted molar refractivity (Wildman–Crippen MR) is 249 cm³/mol. The number of nitrogens with one attached hydrogen (secondary N) is 2. The monoisotopic (exact) mass is 911 g/mol. The van der Waals surface area contributed by atoms with E-state index >= 15 is 0 Å². The maximum absolute atomic E-state index is 14.6. The Hall–Kier alpha value is -4.94. The number of likely N-dealkylation sites (N-methyl/N-ethyl adjacent to an activating group) is 1. The zero-order valence-corrected chi connectivity index (χ0v) is 39.9. The van der Waals surface area contributed by atoms with Gasteiger partial charge in [0.1, 0.15) is 18.1 Å². The topological polar surface area (TPSA) is 164 Å². The number of thiazole rings is 1. The summed E-state index contributed by atoms with van der Waals surface area (Å²) in [6, 6.07) is 7.86. The van der Waals surface area contributed by atoms with Crippen LogP contribution in [0.5, 0.6) is 0 Å². The van der Waals surface area contributed by atoms with Gasteiger partial charge in [-0.15, -0.1) is 11.3 Å². The van der Waals surface area contributed by atoms with Gasteiger partial charge in [0.2, 0.25) is 5.91 Å². The molecule has 0 radical (unpaired) electrons. The van der Waals surface area contributed by atoms with Crippen molar-refractivity contribution < 1.29 is 33.4 Å². The van der Waals surface area contributed by atoms with Crippen LogP contribution in [0.2, 0.25) is 0 Å². The van der Waals surface area contributed by atoms with Crippen LogP contribution in [0.1, 0.15) is 76.8 Å². The van der Waals surface area contributed by atoms with Gasteiger partial charge in [-0.3, -0.25) is 29.3 Å². The van der Waals surface area contributed by atoms with E-state index in [-0.39, 0.29) is 37.1 Å². The molecule has 6 bridgehead atoms. The van der Waals surface area contributed by atoms with Gasteiger partial charge in [0.05, 0.1) is 48.0 Å². The number of aromatic nitrogens is 3. The predicted octanol–water partition coefficient (Wildman–Crippen LogP) is 5.30.